The molecule has 0 spiro atoms. The van der Waals surface area contributed by atoms with Crippen LogP contribution in [0.1, 0.15) is 83.8 Å². The minimum atomic E-state index is -0.433. The van der Waals surface area contributed by atoms with Crippen LogP contribution in [0.25, 0.3) is 0 Å². The highest BCUT2D eigenvalue weighted by Crippen LogP contribution is 2.33. The number of amides is 1. The van der Waals surface area contributed by atoms with E-state index in [2.05, 4.69) is 49.9 Å². The lowest BCUT2D eigenvalue weighted by Gasteiger charge is -2.34. The Morgan fingerprint density at radius 3 is 2.24 bits per heavy atom. The normalized spacial score (nSPS) is 17.6. The number of ether oxygens (including phenoxy) is 2. The maximum Gasteiger partial charge on any atom is 0.311 e. The topological polar surface area (TPSA) is 85.2 Å². The number of benzene rings is 2. The molecule has 2 aromatic rings. The third-order valence-electron chi connectivity index (χ3n) is 8.28. The Kier molecular flexibility index (Phi) is 10.3. The Morgan fingerprint density at radius 1 is 1.00 bits per heavy atom. The number of nitro benzene ring substituents is 1. The lowest BCUT2D eigenvalue weighted by molar-refractivity contribution is -0.385. The van der Waals surface area contributed by atoms with E-state index in [0.29, 0.717) is 37.8 Å². The number of piperidine rings is 2. The van der Waals surface area contributed by atoms with E-state index in [9.17, 15) is 14.9 Å². The molecule has 2 fully saturated rings. The largest absolute Gasteiger partial charge is 0.490 e. The molecule has 2 aromatic carbocycles. The highest BCUT2D eigenvalue weighted by Gasteiger charge is 2.27. The van der Waals surface area contributed by atoms with Crippen molar-refractivity contribution in [3.8, 4) is 11.5 Å². The van der Waals surface area contributed by atoms with Gasteiger partial charge in [0.1, 0.15) is 11.9 Å². The number of rotatable bonds is 10. The fraction of sp³-hybridized carbons (Fsp3) is 0.606. The van der Waals surface area contributed by atoms with Crippen LogP contribution in [0.15, 0.2) is 42.5 Å². The third kappa shape index (κ3) is 8.68. The summed E-state index contributed by atoms with van der Waals surface area (Å²) in [4.78, 5) is 28.3. The molecule has 2 heterocycles. The lowest BCUT2D eigenvalue weighted by atomic mass is 9.84. The summed E-state index contributed by atoms with van der Waals surface area (Å²) < 4.78 is 11.8. The van der Waals surface area contributed by atoms with E-state index < -0.39 is 4.92 Å². The monoisotopic (exact) mass is 565 g/mol. The maximum absolute atomic E-state index is 13.0. The van der Waals surface area contributed by atoms with Crippen LogP contribution in [0, 0.1) is 16.0 Å². The maximum atomic E-state index is 13.0. The standard InChI is InChI=1S/C33H47N3O5/c1-24(2)23-40-31-22-29(10-11-30(31)36(38)39)41-28-14-20-35(21-15-28)32(37)16-19-34-17-12-26(13-18-34)25-6-8-27(9-7-25)33(3,4)5/h6-11,22,24,26,28H,12-21,23H2,1-5H3. The molecule has 0 saturated carbocycles. The molecule has 0 aliphatic carbocycles. The molecule has 8 heteroatoms. The minimum absolute atomic E-state index is 0.0325. The smallest absolute Gasteiger partial charge is 0.311 e. The molecule has 2 saturated heterocycles. The van der Waals surface area contributed by atoms with E-state index >= 15 is 0 Å². The van der Waals surface area contributed by atoms with Gasteiger partial charge in [-0.1, -0.05) is 58.9 Å². The van der Waals surface area contributed by atoms with Crippen molar-refractivity contribution in [3.63, 3.8) is 0 Å². The van der Waals surface area contributed by atoms with Gasteiger partial charge in [-0.05, 0) is 60.4 Å². The summed E-state index contributed by atoms with van der Waals surface area (Å²) in [6, 6.07) is 13.8. The fourth-order valence-corrected chi connectivity index (χ4v) is 5.66. The predicted molar refractivity (Wildman–Crippen MR) is 162 cm³/mol. The van der Waals surface area contributed by atoms with E-state index in [1.165, 1.54) is 17.2 Å². The van der Waals surface area contributed by atoms with Crippen LogP contribution >= 0.6 is 0 Å². The second-order valence-corrected chi connectivity index (χ2v) is 13.0. The van der Waals surface area contributed by atoms with Crippen LogP contribution < -0.4 is 9.47 Å². The van der Waals surface area contributed by atoms with Gasteiger partial charge in [0, 0.05) is 51.0 Å². The highest BCUT2D eigenvalue weighted by atomic mass is 16.6. The molecule has 8 nitrogen and oxygen atoms in total. The van der Waals surface area contributed by atoms with Gasteiger partial charge < -0.3 is 19.3 Å². The molecule has 0 radical (unpaired) electrons. The Morgan fingerprint density at radius 2 is 1.66 bits per heavy atom. The van der Waals surface area contributed by atoms with Crippen molar-refractivity contribution >= 4 is 11.6 Å². The Labute approximate surface area is 245 Å². The second-order valence-electron chi connectivity index (χ2n) is 13.0. The molecule has 1 amide bonds. The molecule has 224 valence electrons. The number of carbonyl (C=O) groups is 1. The molecule has 2 aliphatic rings. The molecule has 4 rings (SSSR count). The van der Waals surface area contributed by atoms with Gasteiger partial charge >= 0.3 is 5.69 Å². The van der Waals surface area contributed by atoms with Gasteiger partial charge in [0.05, 0.1) is 11.5 Å². The zero-order valence-corrected chi connectivity index (χ0v) is 25.4. The Hall–Kier alpha value is -3.13. The van der Waals surface area contributed by atoms with Crippen molar-refractivity contribution < 1.29 is 19.2 Å². The number of hydrogen-bond acceptors (Lipinski definition) is 6. The minimum Gasteiger partial charge on any atom is -0.490 e. The van der Waals surface area contributed by atoms with Crippen molar-refractivity contribution in [2.24, 2.45) is 5.92 Å². The first kappa shape index (κ1) is 30.8. The van der Waals surface area contributed by atoms with Gasteiger partial charge in [-0.2, -0.15) is 0 Å². The SMILES string of the molecule is CC(C)COc1cc(OC2CCN(C(=O)CCN3CCC(c4ccc(C(C)(C)C)cc4)CC3)CC2)ccc1[N+](=O)[O-]. The van der Waals surface area contributed by atoms with E-state index in [1.807, 2.05) is 18.7 Å². The Bertz CT molecular complexity index is 1160. The molecule has 0 unspecified atom stereocenters. The van der Waals surface area contributed by atoms with Crippen LogP contribution in [0.3, 0.4) is 0 Å². The third-order valence-corrected chi connectivity index (χ3v) is 8.28. The van der Waals surface area contributed by atoms with E-state index in [0.717, 1.165) is 45.3 Å². The summed E-state index contributed by atoms with van der Waals surface area (Å²) in [5.41, 5.74) is 2.93. The van der Waals surface area contributed by atoms with Crippen molar-refractivity contribution in [3.05, 3.63) is 63.7 Å². The summed E-state index contributed by atoms with van der Waals surface area (Å²) in [7, 11) is 0. The molecule has 0 atom stereocenters. The van der Waals surface area contributed by atoms with Gasteiger partial charge in [0.25, 0.3) is 0 Å². The number of carbonyl (C=O) groups excluding carboxylic acids is 1. The van der Waals surface area contributed by atoms with Crippen molar-refractivity contribution in [1.82, 2.24) is 9.80 Å². The van der Waals surface area contributed by atoms with Crippen molar-refractivity contribution in [2.45, 2.75) is 84.2 Å². The highest BCUT2D eigenvalue weighted by molar-refractivity contribution is 5.76. The van der Waals surface area contributed by atoms with Crippen LogP contribution in [0.4, 0.5) is 5.69 Å². The van der Waals surface area contributed by atoms with Gasteiger partial charge in [-0.15, -0.1) is 0 Å². The van der Waals surface area contributed by atoms with E-state index in [-0.39, 0.29) is 34.8 Å². The van der Waals surface area contributed by atoms with Crippen molar-refractivity contribution in [2.75, 3.05) is 39.3 Å². The summed E-state index contributed by atoms with van der Waals surface area (Å²) in [5, 5.41) is 11.4. The molecule has 0 aromatic heterocycles. The number of likely N-dealkylation sites (tertiary alicyclic amines) is 2. The molecule has 2 aliphatic heterocycles. The van der Waals surface area contributed by atoms with Gasteiger partial charge in [-0.25, -0.2) is 0 Å². The van der Waals surface area contributed by atoms with Gasteiger partial charge in [0.15, 0.2) is 0 Å². The molecule has 0 bridgehead atoms. The summed E-state index contributed by atoms with van der Waals surface area (Å²) in [6.45, 7) is 15.4. The molecular weight excluding hydrogens is 518 g/mol. The van der Waals surface area contributed by atoms with Gasteiger partial charge in [-0.3, -0.25) is 14.9 Å². The number of nitro groups is 1. The Balaban J connectivity index is 1.18. The average Bonchev–Trinajstić information content (AvgIpc) is 2.95. The zero-order valence-electron chi connectivity index (χ0n) is 25.4. The zero-order chi connectivity index (χ0) is 29.6. The number of hydrogen-bond donors (Lipinski definition) is 0. The first-order chi connectivity index (χ1) is 19.5. The number of nitrogens with zero attached hydrogens (tertiary/aromatic N) is 3. The molecule has 41 heavy (non-hydrogen) atoms. The first-order valence-corrected chi connectivity index (χ1v) is 15.2. The molecular formula is C33H47N3O5. The quantitative estimate of drug-likeness (QED) is 0.239. The van der Waals surface area contributed by atoms with Crippen molar-refractivity contribution in [1.29, 1.82) is 0 Å². The fourth-order valence-electron chi connectivity index (χ4n) is 5.66. The van der Waals surface area contributed by atoms with E-state index in [1.54, 1.807) is 12.1 Å². The average molecular weight is 566 g/mol. The first-order valence-electron chi connectivity index (χ1n) is 15.2. The van der Waals surface area contributed by atoms with Crippen LogP contribution in [0.5, 0.6) is 11.5 Å². The second kappa shape index (κ2) is 13.7. The van der Waals surface area contributed by atoms with Crippen LogP contribution in [-0.4, -0.2) is 66.1 Å². The summed E-state index contributed by atoms with van der Waals surface area (Å²) >= 11 is 0. The van der Waals surface area contributed by atoms with Gasteiger partial charge in [0.2, 0.25) is 11.7 Å². The summed E-state index contributed by atoms with van der Waals surface area (Å²) in [5.74, 6) is 1.86. The van der Waals surface area contributed by atoms with Crippen LogP contribution in [0.2, 0.25) is 0 Å². The molecule has 0 N–H and O–H groups in total. The lowest BCUT2D eigenvalue weighted by Crippen LogP contribution is -2.43. The van der Waals surface area contributed by atoms with E-state index in [4.69, 9.17) is 9.47 Å². The van der Waals surface area contributed by atoms with Crippen LogP contribution in [-0.2, 0) is 10.2 Å². The summed E-state index contributed by atoms with van der Waals surface area (Å²) in [6.07, 6.45) is 4.27. The predicted octanol–water partition coefficient (Wildman–Crippen LogP) is 6.57.